The van der Waals surface area contributed by atoms with Crippen molar-refractivity contribution in [3.63, 3.8) is 0 Å². The lowest BCUT2D eigenvalue weighted by Crippen LogP contribution is -2.68. The van der Waals surface area contributed by atoms with Crippen molar-refractivity contribution >= 4 is 68.0 Å². The van der Waals surface area contributed by atoms with Gasteiger partial charge in [0.1, 0.15) is 0 Å². The number of ether oxygens (including phenoxy) is 2. The number of halogens is 2. The normalized spacial score (nSPS) is 22.2. The molecule has 0 spiro atoms. The fraction of sp³-hybridized carbons (Fsp3) is 0.528. The predicted octanol–water partition coefficient (Wildman–Crippen LogP) is 7.95. The van der Waals surface area contributed by atoms with Crippen LogP contribution in [0.2, 0.25) is 10.0 Å². The van der Waals surface area contributed by atoms with Gasteiger partial charge in [-0.05, 0) is 82.1 Å². The maximum Gasteiger partial charge on any atom is 0.308 e. The highest BCUT2D eigenvalue weighted by Crippen LogP contribution is 2.39. The first kappa shape index (κ1) is 34.3. The van der Waals surface area contributed by atoms with Crippen LogP contribution in [0.5, 0.6) is 0 Å². The maximum absolute atomic E-state index is 14.8. The summed E-state index contributed by atoms with van der Waals surface area (Å²) in [4.78, 5) is 44.9. The van der Waals surface area contributed by atoms with Crippen LogP contribution >= 0.6 is 34.5 Å². The minimum atomic E-state index is -1.22. The summed E-state index contributed by atoms with van der Waals surface area (Å²) in [6.07, 6.45) is 7.77. The predicted molar refractivity (Wildman–Crippen MR) is 187 cm³/mol. The van der Waals surface area contributed by atoms with Crippen molar-refractivity contribution in [3.05, 3.63) is 63.0 Å². The number of amides is 1. The molecule has 3 heterocycles. The number of nitrogens with zero attached hydrogens (tertiary/aromatic N) is 2. The SMILES string of the molecule is CCOC(=O)C1CCC(OC(C(=O)Cc2cc(Cl)c(NC(=O)c3csc4ccccc34)cc2Cl)(N2CCCCC2)N2CCCC2)CC1. The lowest BCUT2D eigenvalue weighted by atomic mass is 9.87. The summed E-state index contributed by atoms with van der Waals surface area (Å²) >= 11 is 15.1. The number of esters is 1. The molecule has 2 saturated heterocycles. The number of benzene rings is 2. The van der Waals surface area contributed by atoms with Gasteiger partial charge in [-0.2, -0.15) is 0 Å². The molecule has 47 heavy (non-hydrogen) atoms. The van der Waals surface area contributed by atoms with E-state index in [1.54, 1.807) is 12.1 Å². The zero-order chi connectivity index (χ0) is 33.0. The number of thiophene rings is 1. The smallest absolute Gasteiger partial charge is 0.308 e. The summed E-state index contributed by atoms with van der Waals surface area (Å²) in [5.74, 6) is -1.82. The van der Waals surface area contributed by atoms with E-state index in [4.69, 9.17) is 32.7 Å². The van der Waals surface area contributed by atoms with Crippen molar-refractivity contribution in [1.29, 1.82) is 0 Å². The van der Waals surface area contributed by atoms with Gasteiger partial charge in [0.25, 0.3) is 5.91 Å². The average molecular weight is 701 g/mol. The summed E-state index contributed by atoms with van der Waals surface area (Å²) < 4.78 is 13.4. The molecule has 3 fully saturated rings. The standard InChI is InChI=1S/C36H43Cl2N3O5S/c1-2-45-35(44)24-12-14-26(15-13-24)46-36(41-18-8-9-19-41,40-16-6-3-7-17-40)33(42)21-25-20-30(38)31(22-29(25)37)39-34(43)28-23-47-32-11-5-4-10-27(28)32/h4-5,10-11,20,22-24,26H,2-3,6-9,12-19,21H2,1H3,(H,39,43). The summed E-state index contributed by atoms with van der Waals surface area (Å²) in [5.41, 5.74) is 1.56. The number of rotatable bonds is 11. The first-order valence-corrected chi connectivity index (χ1v) is 18.6. The van der Waals surface area contributed by atoms with Crippen LogP contribution < -0.4 is 5.32 Å². The van der Waals surface area contributed by atoms with E-state index in [-0.39, 0.29) is 36.1 Å². The second-order valence-electron chi connectivity index (χ2n) is 12.8. The molecule has 2 aromatic carbocycles. The van der Waals surface area contributed by atoms with E-state index in [0.717, 1.165) is 68.4 Å². The van der Waals surface area contributed by atoms with Crippen LogP contribution in [0.15, 0.2) is 41.8 Å². The topological polar surface area (TPSA) is 88.2 Å². The molecule has 3 aliphatic rings. The average Bonchev–Trinajstić information content (AvgIpc) is 3.78. The Labute approximate surface area is 290 Å². The Hall–Kier alpha value is -2.53. The number of anilines is 1. The molecular formula is C36H43Cl2N3O5S. The van der Waals surface area contributed by atoms with E-state index < -0.39 is 5.85 Å². The third-order valence-corrected chi connectivity index (χ3v) is 11.4. The van der Waals surface area contributed by atoms with Gasteiger partial charge in [-0.3, -0.25) is 24.2 Å². The molecule has 2 aliphatic heterocycles. The Balaban J connectivity index is 1.24. The van der Waals surface area contributed by atoms with E-state index in [1.807, 2.05) is 36.6 Å². The lowest BCUT2D eigenvalue weighted by molar-refractivity contribution is -0.258. The molecule has 1 aromatic heterocycles. The minimum absolute atomic E-state index is 0.0348. The second-order valence-corrected chi connectivity index (χ2v) is 14.5. The largest absolute Gasteiger partial charge is 0.466 e. The molecular weight excluding hydrogens is 657 g/mol. The first-order chi connectivity index (χ1) is 22.8. The maximum atomic E-state index is 14.8. The van der Waals surface area contributed by atoms with Crippen molar-refractivity contribution in [2.24, 2.45) is 5.92 Å². The van der Waals surface area contributed by atoms with Gasteiger partial charge in [0.15, 0.2) is 5.78 Å². The molecule has 8 nitrogen and oxygen atoms in total. The van der Waals surface area contributed by atoms with Crippen LogP contribution in [0.3, 0.4) is 0 Å². The van der Waals surface area contributed by atoms with Gasteiger partial charge in [-0.25, -0.2) is 0 Å². The van der Waals surface area contributed by atoms with Crippen molar-refractivity contribution < 1.29 is 23.9 Å². The van der Waals surface area contributed by atoms with Gasteiger partial charge in [-0.15, -0.1) is 11.3 Å². The van der Waals surface area contributed by atoms with E-state index in [2.05, 4.69) is 15.1 Å². The van der Waals surface area contributed by atoms with E-state index in [1.165, 1.54) is 11.3 Å². The number of Topliss-reactive ketones (excluding diaryl/α,β-unsaturated/α-hetero) is 1. The van der Waals surface area contributed by atoms with E-state index in [0.29, 0.717) is 59.1 Å². The Morgan fingerprint density at radius 3 is 2.26 bits per heavy atom. The number of carbonyl (C=O) groups excluding carboxylic acids is 3. The fourth-order valence-corrected chi connectivity index (χ4v) is 8.75. The van der Waals surface area contributed by atoms with Gasteiger partial charge < -0.3 is 14.8 Å². The molecule has 1 atom stereocenters. The molecule has 0 radical (unpaired) electrons. The van der Waals surface area contributed by atoms with Crippen molar-refractivity contribution in [1.82, 2.24) is 9.80 Å². The fourth-order valence-electron chi connectivity index (χ4n) is 7.34. The Bertz CT molecular complexity index is 1590. The Kier molecular flexibility index (Phi) is 11.2. The molecule has 3 aromatic rings. The number of piperidine rings is 1. The molecule has 252 valence electrons. The van der Waals surface area contributed by atoms with Crippen molar-refractivity contribution in [2.75, 3.05) is 38.1 Å². The summed E-state index contributed by atoms with van der Waals surface area (Å²) in [5, 5.41) is 6.31. The number of hydrogen-bond donors (Lipinski definition) is 1. The van der Waals surface area contributed by atoms with Gasteiger partial charge >= 0.3 is 5.97 Å². The molecule has 11 heteroatoms. The van der Waals surface area contributed by atoms with Gasteiger partial charge in [0.05, 0.1) is 34.9 Å². The number of hydrogen-bond acceptors (Lipinski definition) is 8. The monoisotopic (exact) mass is 699 g/mol. The zero-order valence-electron chi connectivity index (χ0n) is 26.9. The second kappa shape index (κ2) is 15.3. The van der Waals surface area contributed by atoms with Crippen LogP contribution in [-0.2, 0) is 25.5 Å². The van der Waals surface area contributed by atoms with Crippen LogP contribution in [-0.4, -0.2) is 72.2 Å². The number of likely N-dealkylation sites (tertiary alicyclic amines) is 2. The highest BCUT2D eigenvalue weighted by atomic mass is 35.5. The summed E-state index contributed by atoms with van der Waals surface area (Å²) in [6.45, 7) is 5.31. The van der Waals surface area contributed by atoms with Crippen molar-refractivity contribution in [2.45, 2.75) is 83.1 Å². The highest BCUT2D eigenvalue weighted by Gasteiger charge is 2.52. The van der Waals surface area contributed by atoms with Crippen LogP contribution in [0.25, 0.3) is 10.1 Å². The van der Waals surface area contributed by atoms with Gasteiger partial charge in [-0.1, -0.05) is 47.8 Å². The van der Waals surface area contributed by atoms with Crippen molar-refractivity contribution in [3.8, 4) is 0 Å². The zero-order valence-corrected chi connectivity index (χ0v) is 29.2. The molecule has 6 rings (SSSR count). The number of ketones is 1. The van der Waals surface area contributed by atoms with Crippen LogP contribution in [0, 0.1) is 5.92 Å². The third kappa shape index (κ3) is 7.41. The highest BCUT2D eigenvalue weighted by molar-refractivity contribution is 7.17. The lowest BCUT2D eigenvalue weighted by Gasteiger charge is -2.51. The molecule has 1 N–H and O–H groups in total. The summed E-state index contributed by atoms with van der Waals surface area (Å²) in [7, 11) is 0. The minimum Gasteiger partial charge on any atom is -0.466 e. The molecule has 1 unspecified atom stereocenters. The molecule has 1 amide bonds. The number of carbonyl (C=O) groups is 3. The van der Waals surface area contributed by atoms with Crippen LogP contribution in [0.4, 0.5) is 5.69 Å². The van der Waals surface area contributed by atoms with Crippen LogP contribution in [0.1, 0.15) is 80.6 Å². The quantitative estimate of drug-likeness (QED) is 0.203. The number of fused-ring (bicyclic) bond motifs is 1. The molecule has 1 saturated carbocycles. The Morgan fingerprint density at radius 2 is 1.57 bits per heavy atom. The van der Waals surface area contributed by atoms with Gasteiger partial charge in [0.2, 0.25) is 5.85 Å². The van der Waals surface area contributed by atoms with E-state index >= 15 is 0 Å². The molecule has 0 bridgehead atoms. The Morgan fingerprint density at radius 1 is 0.915 bits per heavy atom. The van der Waals surface area contributed by atoms with Gasteiger partial charge in [0, 0.05) is 53.1 Å². The first-order valence-electron chi connectivity index (χ1n) is 16.9. The number of nitrogens with one attached hydrogen (secondary N) is 1. The third-order valence-electron chi connectivity index (χ3n) is 9.77. The van der Waals surface area contributed by atoms with E-state index in [9.17, 15) is 14.4 Å². The summed E-state index contributed by atoms with van der Waals surface area (Å²) in [6, 6.07) is 11.1. The molecule has 1 aliphatic carbocycles.